The van der Waals surface area contributed by atoms with E-state index >= 15 is 0 Å². The van der Waals surface area contributed by atoms with Crippen LogP contribution in [0.4, 0.5) is 0 Å². The number of ether oxygens (including phenoxy) is 1. The Morgan fingerprint density at radius 3 is 2.76 bits per heavy atom. The van der Waals surface area contributed by atoms with E-state index in [0.717, 1.165) is 11.3 Å². The van der Waals surface area contributed by atoms with E-state index in [2.05, 4.69) is 6.07 Å². The number of likely N-dealkylation sites (N-methyl/N-ethyl adjacent to an activating group) is 1. The van der Waals surface area contributed by atoms with Gasteiger partial charge in [0, 0.05) is 13.1 Å². The second-order valence-corrected chi connectivity index (χ2v) is 5.64. The van der Waals surface area contributed by atoms with Crippen LogP contribution in [-0.4, -0.2) is 59.8 Å². The topological polar surface area (TPSA) is 53.0 Å². The first-order valence-corrected chi connectivity index (χ1v) is 7.38. The third-order valence-corrected chi connectivity index (χ3v) is 3.69. The minimum absolute atomic E-state index is 0.125. The summed E-state index contributed by atoms with van der Waals surface area (Å²) in [5.74, 6) is 0.923. The summed E-state index contributed by atoms with van der Waals surface area (Å²) in [6.45, 7) is 8.37. The molecular weight excluding hydrogens is 268 g/mol. The molecule has 1 fully saturated rings. The number of amides is 1. The van der Waals surface area contributed by atoms with Crippen molar-refractivity contribution in [1.29, 1.82) is 0 Å². The molecule has 0 aromatic heterocycles. The van der Waals surface area contributed by atoms with Gasteiger partial charge in [0.05, 0.1) is 13.2 Å². The predicted octanol–water partition coefficient (Wildman–Crippen LogP) is 1.16. The number of β-amino-alcohol motifs (C(OH)–C–C–N with tert-alkyl or cyclic N) is 1. The maximum atomic E-state index is 11.6. The SMILES string of the molecule is CCN1CN(C[C@H](O)COc2ccc(C)cc2C)CC1=O. The molecule has 1 aromatic carbocycles. The molecule has 1 aliphatic rings. The molecule has 1 aromatic rings. The number of aliphatic hydroxyl groups is 1. The zero-order chi connectivity index (χ0) is 15.4. The first-order valence-electron chi connectivity index (χ1n) is 7.38. The highest BCUT2D eigenvalue weighted by molar-refractivity contribution is 5.79. The molecule has 0 radical (unpaired) electrons. The van der Waals surface area contributed by atoms with Crippen LogP contribution in [0, 0.1) is 13.8 Å². The number of aliphatic hydroxyl groups excluding tert-OH is 1. The molecule has 1 saturated heterocycles. The molecule has 21 heavy (non-hydrogen) atoms. The van der Waals surface area contributed by atoms with E-state index in [0.29, 0.717) is 26.3 Å². The van der Waals surface area contributed by atoms with Crippen LogP contribution in [0.15, 0.2) is 18.2 Å². The molecular formula is C16H24N2O3. The monoisotopic (exact) mass is 292 g/mol. The van der Waals surface area contributed by atoms with E-state index in [1.807, 2.05) is 37.8 Å². The van der Waals surface area contributed by atoms with Gasteiger partial charge < -0.3 is 14.7 Å². The fourth-order valence-electron chi connectivity index (χ4n) is 2.56. The average molecular weight is 292 g/mol. The van der Waals surface area contributed by atoms with Gasteiger partial charge in [0.2, 0.25) is 5.91 Å². The predicted molar refractivity (Wildman–Crippen MR) is 81.2 cm³/mol. The summed E-state index contributed by atoms with van der Waals surface area (Å²) in [7, 11) is 0. The van der Waals surface area contributed by atoms with Gasteiger partial charge in [-0.05, 0) is 32.4 Å². The van der Waals surface area contributed by atoms with Crippen LogP contribution in [0.5, 0.6) is 5.75 Å². The minimum atomic E-state index is -0.602. The number of rotatable bonds is 6. The molecule has 116 valence electrons. The molecule has 1 N–H and O–H groups in total. The molecule has 5 nitrogen and oxygen atoms in total. The lowest BCUT2D eigenvalue weighted by molar-refractivity contribution is -0.126. The van der Waals surface area contributed by atoms with Gasteiger partial charge in [0.25, 0.3) is 0 Å². The van der Waals surface area contributed by atoms with Crippen molar-refractivity contribution < 1.29 is 14.6 Å². The number of carbonyl (C=O) groups excluding carboxylic acids is 1. The second-order valence-electron chi connectivity index (χ2n) is 5.64. The van der Waals surface area contributed by atoms with Crippen LogP contribution in [0.1, 0.15) is 18.1 Å². The van der Waals surface area contributed by atoms with Crippen LogP contribution in [0.25, 0.3) is 0 Å². The molecule has 1 amide bonds. The summed E-state index contributed by atoms with van der Waals surface area (Å²) >= 11 is 0. The molecule has 1 atom stereocenters. The lowest BCUT2D eigenvalue weighted by atomic mass is 10.1. The molecule has 0 aliphatic carbocycles. The Labute approximate surface area is 126 Å². The molecule has 1 aliphatic heterocycles. The molecule has 0 saturated carbocycles. The highest BCUT2D eigenvalue weighted by Gasteiger charge is 2.27. The zero-order valence-electron chi connectivity index (χ0n) is 13.0. The smallest absolute Gasteiger partial charge is 0.237 e. The number of hydrogen-bond donors (Lipinski definition) is 1. The van der Waals surface area contributed by atoms with Crippen molar-refractivity contribution in [2.24, 2.45) is 0 Å². The Bertz CT molecular complexity index is 504. The Morgan fingerprint density at radius 2 is 2.14 bits per heavy atom. The number of hydrogen-bond acceptors (Lipinski definition) is 4. The van der Waals surface area contributed by atoms with Crippen molar-refractivity contribution in [3.63, 3.8) is 0 Å². The highest BCUT2D eigenvalue weighted by atomic mass is 16.5. The molecule has 0 unspecified atom stereocenters. The average Bonchev–Trinajstić information content (AvgIpc) is 2.77. The molecule has 2 rings (SSSR count). The summed E-state index contributed by atoms with van der Waals surface area (Å²) in [4.78, 5) is 15.3. The van der Waals surface area contributed by atoms with E-state index in [1.165, 1.54) is 5.56 Å². The maximum Gasteiger partial charge on any atom is 0.237 e. The van der Waals surface area contributed by atoms with Gasteiger partial charge in [0.15, 0.2) is 0 Å². The van der Waals surface area contributed by atoms with Crippen LogP contribution >= 0.6 is 0 Å². The van der Waals surface area contributed by atoms with Gasteiger partial charge in [-0.3, -0.25) is 9.69 Å². The van der Waals surface area contributed by atoms with Crippen molar-refractivity contribution in [1.82, 2.24) is 9.80 Å². The van der Waals surface area contributed by atoms with Crippen LogP contribution in [-0.2, 0) is 4.79 Å². The number of carbonyl (C=O) groups is 1. The van der Waals surface area contributed by atoms with Crippen molar-refractivity contribution >= 4 is 5.91 Å². The first kappa shape index (κ1) is 15.8. The zero-order valence-corrected chi connectivity index (χ0v) is 13.0. The summed E-state index contributed by atoms with van der Waals surface area (Å²) in [5, 5.41) is 10.1. The van der Waals surface area contributed by atoms with E-state index in [1.54, 1.807) is 4.90 Å². The number of benzene rings is 1. The molecule has 0 bridgehead atoms. The second kappa shape index (κ2) is 6.91. The Morgan fingerprint density at radius 1 is 1.38 bits per heavy atom. The summed E-state index contributed by atoms with van der Waals surface area (Å²) < 4.78 is 5.67. The van der Waals surface area contributed by atoms with E-state index in [9.17, 15) is 9.90 Å². The Kier molecular flexibility index (Phi) is 5.20. The van der Waals surface area contributed by atoms with Crippen LogP contribution in [0.2, 0.25) is 0 Å². The summed E-state index contributed by atoms with van der Waals surface area (Å²) in [6, 6.07) is 5.97. The van der Waals surface area contributed by atoms with Gasteiger partial charge in [-0.15, -0.1) is 0 Å². The van der Waals surface area contributed by atoms with Gasteiger partial charge in [-0.25, -0.2) is 0 Å². The van der Waals surface area contributed by atoms with Crippen molar-refractivity contribution in [3.05, 3.63) is 29.3 Å². The third-order valence-electron chi connectivity index (χ3n) is 3.69. The number of aryl methyl sites for hydroxylation is 2. The molecule has 5 heteroatoms. The van der Waals surface area contributed by atoms with Gasteiger partial charge in [-0.1, -0.05) is 17.7 Å². The fraction of sp³-hybridized carbons (Fsp3) is 0.562. The Balaban J connectivity index is 1.80. The maximum absolute atomic E-state index is 11.6. The minimum Gasteiger partial charge on any atom is -0.491 e. The quantitative estimate of drug-likeness (QED) is 0.855. The largest absolute Gasteiger partial charge is 0.491 e. The van der Waals surface area contributed by atoms with Crippen LogP contribution in [0.3, 0.4) is 0 Å². The number of nitrogens with zero attached hydrogens (tertiary/aromatic N) is 2. The van der Waals surface area contributed by atoms with Crippen molar-refractivity contribution in [2.45, 2.75) is 26.9 Å². The lowest BCUT2D eigenvalue weighted by Gasteiger charge is -2.20. The fourth-order valence-corrected chi connectivity index (χ4v) is 2.56. The first-order chi connectivity index (χ1) is 9.99. The molecule has 0 spiro atoms. The molecule has 1 heterocycles. The van der Waals surface area contributed by atoms with Crippen molar-refractivity contribution in [3.8, 4) is 5.75 Å². The Hall–Kier alpha value is -1.59. The van der Waals surface area contributed by atoms with Gasteiger partial charge in [-0.2, -0.15) is 0 Å². The standard InChI is InChI=1S/C16H24N2O3/c1-4-18-11-17(9-16(18)20)8-14(19)10-21-15-6-5-12(2)7-13(15)3/h5-7,14,19H,4,8-11H2,1-3H3/t14-/m0/s1. The van der Waals surface area contributed by atoms with E-state index in [4.69, 9.17) is 4.74 Å². The summed E-state index contributed by atoms with van der Waals surface area (Å²) in [5.41, 5.74) is 2.26. The van der Waals surface area contributed by atoms with Gasteiger partial charge >= 0.3 is 0 Å². The normalized spacial score (nSPS) is 17.3. The third kappa shape index (κ3) is 4.19. The van der Waals surface area contributed by atoms with E-state index < -0.39 is 6.10 Å². The lowest BCUT2D eigenvalue weighted by Crippen LogP contribution is -2.35. The van der Waals surface area contributed by atoms with Crippen molar-refractivity contribution in [2.75, 3.05) is 32.9 Å². The van der Waals surface area contributed by atoms with E-state index in [-0.39, 0.29) is 12.5 Å². The summed E-state index contributed by atoms with van der Waals surface area (Å²) in [6.07, 6.45) is -0.602. The highest BCUT2D eigenvalue weighted by Crippen LogP contribution is 2.19. The van der Waals surface area contributed by atoms with Gasteiger partial charge in [0.1, 0.15) is 18.5 Å². The van der Waals surface area contributed by atoms with Crippen LogP contribution < -0.4 is 4.74 Å².